The van der Waals surface area contributed by atoms with E-state index >= 15 is 0 Å². The van der Waals surface area contributed by atoms with Crippen LogP contribution in [0, 0.1) is 13.8 Å². The summed E-state index contributed by atoms with van der Waals surface area (Å²) in [5.74, 6) is 0.841. The fraction of sp³-hybridized carbons (Fsp3) is 0.136. The minimum atomic E-state index is 0.540. The zero-order valence-electron chi connectivity index (χ0n) is 16.2. The Morgan fingerprint density at radius 3 is 2.38 bits per heavy atom. The summed E-state index contributed by atoms with van der Waals surface area (Å²) >= 11 is 3.45. The number of rotatable bonds is 6. The number of nitrogens with zero attached hydrogens (tertiary/aromatic N) is 5. The van der Waals surface area contributed by atoms with Crippen LogP contribution in [-0.4, -0.2) is 25.7 Å². The Morgan fingerprint density at radius 1 is 1.00 bits per heavy atom. The number of aryl methyl sites for hydroxylation is 1. The molecule has 0 radical (unpaired) electrons. The summed E-state index contributed by atoms with van der Waals surface area (Å²) in [5, 5.41) is 11.9. The van der Waals surface area contributed by atoms with Gasteiger partial charge in [-0.15, -0.1) is 10.2 Å². The molecule has 0 N–H and O–H groups in total. The molecule has 2 aromatic carbocycles. The Morgan fingerprint density at radius 2 is 1.69 bits per heavy atom. The number of hydrogen-bond donors (Lipinski definition) is 0. The molecule has 4 rings (SSSR count). The van der Waals surface area contributed by atoms with Crippen LogP contribution in [-0.2, 0) is 6.61 Å². The van der Waals surface area contributed by atoms with E-state index in [9.17, 15) is 0 Å². The Labute approximate surface area is 177 Å². The monoisotopic (exact) mass is 449 g/mol. The van der Waals surface area contributed by atoms with E-state index in [0.717, 1.165) is 38.4 Å². The van der Waals surface area contributed by atoms with Crippen LogP contribution in [0.25, 0.3) is 5.69 Å². The van der Waals surface area contributed by atoms with Gasteiger partial charge in [-0.05, 0) is 61.9 Å². The van der Waals surface area contributed by atoms with Gasteiger partial charge >= 0.3 is 0 Å². The SMILES string of the molecule is Cc1cc(/C=N/n2cnnc2)c(C)n1-c1ccc(OCc2ccc(Br)cc2)cc1. The topological polar surface area (TPSA) is 57.2 Å². The number of hydrogen-bond acceptors (Lipinski definition) is 4. The van der Waals surface area contributed by atoms with E-state index < -0.39 is 0 Å². The van der Waals surface area contributed by atoms with Crippen molar-refractivity contribution in [1.29, 1.82) is 0 Å². The van der Waals surface area contributed by atoms with E-state index in [4.69, 9.17) is 4.74 Å². The van der Waals surface area contributed by atoms with Crippen LogP contribution in [0.4, 0.5) is 0 Å². The van der Waals surface area contributed by atoms with Gasteiger partial charge in [0.25, 0.3) is 0 Å². The zero-order chi connectivity index (χ0) is 20.2. The molecule has 0 unspecified atom stereocenters. The van der Waals surface area contributed by atoms with Crippen LogP contribution in [0.2, 0.25) is 0 Å². The Bertz CT molecular complexity index is 1110. The number of aromatic nitrogens is 4. The van der Waals surface area contributed by atoms with Crippen molar-refractivity contribution in [2.45, 2.75) is 20.5 Å². The van der Waals surface area contributed by atoms with Crippen molar-refractivity contribution >= 4 is 22.1 Å². The lowest BCUT2D eigenvalue weighted by Gasteiger charge is -2.11. The summed E-state index contributed by atoms with van der Waals surface area (Å²) in [7, 11) is 0. The van der Waals surface area contributed by atoms with Crippen LogP contribution in [0.1, 0.15) is 22.5 Å². The van der Waals surface area contributed by atoms with Crippen molar-refractivity contribution in [3.63, 3.8) is 0 Å². The second-order valence-electron chi connectivity index (χ2n) is 6.66. The lowest BCUT2D eigenvalue weighted by atomic mass is 10.2. The standard InChI is InChI=1S/C22H20BrN5O/c1-16-11-19(12-26-27-14-24-25-15-27)17(2)28(16)21-7-9-22(10-8-21)29-13-18-3-5-20(23)6-4-18/h3-12,14-15H,13H2,1-2H3/b26-12+. The van der Waals surface area contributed by atoms with Crippen LogP contribution < -0.4 is 4.74 Å². The first-order valence-electron chi connectivity index (χ1n) is 9.16. The average Bonchev–Trinajstić information content (AvgIpc) is 3.34. The predicted octanol–water partition coefficient (Wildman–Crippen LogP) is 4.91. The third-order valence-corrected chi connectivity index (χ3v) is 5.15. The van der Waals surface area contributed by atoms with Gasteiger partial charge in [-0.25, -0.2) is 4.68 Å². The molecule has 0 aliphatic carbocycles. The molecule has 0 atom stereocenters. The average molecular weight is 450 g/mol. The molecule has 0 bridgehead atoms. The lowest BCUT2D eigenvalue weighted by Crippen LogP contribution is -2.00. The maximum atomic E-state index is 5.91. The summed E-state index contributed by atoms with van der Waals surface area (Å²) in [6, 6.07) is 18.4. The normalized spacial score (nSPS) is 11.3. The summed E-state index contributed by atoms with van der Waals surface area (Å²) in [5.41, 5.74) is 5.51. The first-order chi connectivity index (χ1) is 14.1. The fourth-order valence-electron chi connectivity index (χ4n) is 3.14. The van der Waals surface area contributed by atoms with E-state index in [1.54, 1.807) is 17.3 Å². The van der Waals surface area contributed by atoms with Gasteiger partial charge in [0.15, 0.2) is 0 Å². The molecule has 2 aromatic heterocycles. The first kappa shape index (κ1) is 19.1. The van der Waals surface area contributed by atoms with E-state index in [0.29, 0.717) is 6.61 Å². The maximum Gasteiger partial charge on any atom is 0.141 e. The van der Waals surface area contributed by atoms with Crippen LogP contribution in [0.15, 0.2) is 76.8 Å². The van der Waals surface area contributed by atoms with Gasteiger partial charge in [-0.1, -0.05) is 28.1 Å². The zero-order valence-corrected chi connectivity index (χ0v) is 17.7. The number of halogens is 1. The molecule has 0 amide bonds. The molecule has 0 saturated carbocycles. The van der Waals surface area contributed by atoms with E-state index in [1.807, 2.05) is 42.6 Å². The highest BCUT2D eigenvalue weighted by Gasteiger charge is 2.10. The molecule has 0 fully saturated rings. The molecular formula is C22H20BrN5O. The highest BCUT2D eigenvalue weighted by molar-refractivity contribution is 9.10. The number of benzene rings is 2. The van der Waals surface area contributed by atoms with Crippen molar-refractivity contribution in [1.82, 2.24) is 19.4 Å². The summed E-state index contributed by atoms with van der Waals surface area (Å²) < 4.78 is 10.7. The third kappa shape index (κ3) is 4.46. The largest absolute Gasteiger partial charge is 0.489 e. The molecule has 0 spiro atoms. The molecule has 6 nitrogen and oxygen atoms in total. The van der Waals surface area contributed by atoms with Gasteiger partial charge in [-0.2, -0.15) is 5.10 Å². The van der Waals surface area contributed by atoms with Gasteiger partial charge in [0, 0.05) is 27.1 Å². The van der Waals surface area contributed by atoms with Gasteiger partial charge in [0.2, 0.25) is 0 Å². The van der Waals surface area contributed by atoms with Gasteiger partial charge in [-0.3, -0.25) is 0 Å². The Kier molecular flexibility index (Phi) is 5.57. The van der Waals surface area contributed by atoms with Crippen LogP contribution in [0.3, 0.4) is 0 Å². The smallest absolute Gasteiger partial charge is 0.141 e. The number of ether oxygens (including phenoxy) is 1. The molecule has 0 aliphatic rings. The minimum Gasteiger partial charge on any atom is -0.489 e. The van der Waals surface area contributed by atoms with Crippen molar-refractivity contribution in [3.8, 4) is 11.4 Å². The van der Waals surface area contributed by atoms with Crippen LogP contribution >= 0.6 is 15.9 Å². The van der Waals surface area contributed by atoms with E-state index in [1.165, 1.54) is 0 Å². The Balaban J connectivity index is 1.49. The second kappa shape index (κ2) is 8.45. The molecule has 0 saturated heterocycles. The van der Waals surface area contributed by atoms with Crippen molar-refractivity contribution in [2.75, 3.05) is 0 Å². The minimum absolute atomic E-state index is 0.540. The lowest BCUT2D eigenvalue weighted by molar-refractivity contribution is 0.306. The molecule has 29 heavy (non-hydrogen) atoms. The molecular weight excluding hydrogens is 430 g/mol. The fourth-order valence-corrected chi connectivity index (χ4v) is 3.40. The predicted molar refractivity (Wildman–Crippen MR) is 117 cm³/mol. The van der Waals surface area contributed by atoms with Crippen molar-refractivity contribution in [2.24, 2.45) is 5.10 Å². The molecule has 4 aromatic rings. The highest BCUT2D eigenvalue weighted by atomic mass is 79.9. The summed E-state index contributed by atoms with van der Waals surface area (Å²) in [6.45, 7) is 4.71. The molecule has 146 valence electrons. The molecule has 0 aliphatic heterocycles. The van der Waals surface area contributed by atoms with E-state index in [2.05, 4.69) is 67.8 Å². The quantitative estimate of drug-likeness (QED) is 0.393. The molecule has 7 heteroatoms. The first-order valence-corrected chi connectivity index (χ1v) is 9.95. The summed E-state index contributed by atoms with van der Waals surface area (Å²) in [6.07, 6.45) is 4.93. The molecule has 2 heterocycles. The summed E-state index contributed by atoms with van der Waals surface area (Å²) in [4.78, 5) is 0. The van der Waals surface area contributed by atoms with Gasteiger partial charge in [0.1, 0.15) is 25.0 Å². The third-order valence-electron chi connectivity index (χ3n) is 4.62. The van der Waals surface area contributed by atoms with Crippen molar-refractivity contribution in [3.05, 3.63) is 94.2 Å². The van der Waals surface area contributed by atoms with E-state index in [-0.39, 0.29) is 0 Å². The van der Waals surface area contributed by atoms with Crippen LogP contribution in [0.5, 0.6) is 5.75 Å². The second-order valence-corrected chi connectivity index (χ2v) is 7.57. The Hall–Kier alpha value is -3.19. The maximum absolute atomic E-state index is 5.91. The highest BCUT2D eigenvalue weighted by Crippen LogP contribution is 2.23. The van der Waals surface area contributed by atoms with Crippen molar-refractivity contribution < 1.29 is 4.74 Å². The van der Waals surface area contributed by atoms with Gasteiger partial charge < -0.3 is 9.30 Å². The van der Waals surface area contributed by atoms with Gasteiger partial charge in [0.05, 0.1) is 6.21 Å².